The number of aromatic nitrogens is 3. The van der Waals surface area contributed by atoms with Gasteiger partial charge in [0, 0.05) is 48.8 Å². The van der Waals surface area contributed by atoms with Gasteiger partial charge in [0.2, 0.25) is 0 Å². The van der Waals surface area contributed by atoms with E-state index in [1.807, 2.05) is 42.8 Å². The molecule has 0 spiro atoms. The van der Waals surface area contributed by atoms with Crippen LogP contribution in [0.5, 0.6) is 0 Å². The van der Waals surface area contributed by atoms with E-state index in [2.05, 4.69) is 27.9 Å². The maximum absolute atomic E-state index is 12.9. The Labute approximate surface area is 197 Å². The van der Waals surface area contributed by atoms with E-state index in [9.17, 15) is 4.79 Å². The quantitative estimate of drug-likeness (QED) is 0.336. The number of thiazole rings is 1. The molecule has 1 amide bonds. The zero-order chi connectivity index (χ0) is 23.2. The van der Waals surface area contributed by atoms with Crippen molar-refractivity contribution in [2.75, 3.05) is 20.3 Å². The van der Waals surface area contributed by atoms with Gasteiger partial charge in [-0.25, -0.2) is 4.98 Å². The Bertz CT molecular complexity index is 1210. The van der Waals surface area contributed by atoms with Gasteiger partial charge in [0.25, 0.3) is 5.91 Å². The molecule has 0 aromatic carbocycles. The van der Waals surface area contributed by atoms with E-state index in [1.165, 1.54) is 0 Å². The van der Waals surface area contributed by atoms with Crippen LogP contribution in [-0.2, 0) is 17.7 Å². The van der Waals surface area contributed by atoms with Gasteiger partial charge in [-0.1, -0.05) is 6.92 Å². The number of nitrogens with one attached hydrogen (secondary N) is 1. The van der Waals surface area contributed by atoms with Crippen LogP contribution in [0.1, 0.15) is 40.9 Å². The molecular formula is C25H28N4O3S. The third-order valence-corrected chi connectivity index (χ3v) is 6.40. The number of rotatable bonds is 10. The smallest absolute Gasteiger partial charge is 0.253 e. The Morgan fingerprint density at radius 3 is 2.94 bits per heavy atom. The van der Waals surface area contributed by atoms with Crippen molar-refractivity contribution in [3.8, 4) is 22.0 Å². The highest BCUT2D eigenvalue weighted by molar-refractivity contribution is 7.13. The lowest BCUT2D eigenvalue weighted by Crippen LogP contribution is -2.25. The van der Waals surface area contributed by atoms with E-state index in [4.69, 9.17) is 14.1 Å². The SMILES string of the molecule is CCc1cc(-c2nc(-c3cc(C(=O)NCCCOC)c(C)n3Cc3ccco3)cs2)ccn1. The molecule has 0 bridgehead atoms. The van der Waals surface area contributed by atoms with Crippen LogP contribution in [0.2, 0.25) is 0 Å². The van der Waals surface area contributed by atoms with Gasteiger partial charge in [0.05, 0.1) is 29.8 Å². The minimum absolute atomic E-state index is 0.0970. The van der Waals surface area contributed by atoms with Crippen LogP contribution in [-0.4, -0.2) is 40.7 Å². The molecule has 1 N–H and O–H groups in total. The zero-order valence-corrected chi connectivity index (χ0v) is 19.9. The van der Waals surface area contributed by atoms with Gasteiger partial charge in [0.1, 0.15) is 10.8 Å². The van der Waals surface area contributed by atoms with Crippen LogP contribution in [0, 0.1) is 6.92 Å². The summed E-state index contributed by atoms with van der Waals surface area (Å²) in [6.45, 7) is 5.74. The van der Waals surface area contributed by atoms with Crippen molar-refractivity contribution < 1.29 is 13.9 Å². The first-order valence-corrected chi connectivity index (χ1v) is 11.9. The topological polar surface area (TPSA) is 82.2 Å². The Kier molecular flexibility index (Phi) is 7.36. The van der Waals surface area contributed by atoms with Crippen LogP contribution in [0.25, 0.3) is 22.0 Å². The molecule has 4 heterocycles. The van der Waals surface area contributed by atoms with Crippen molar-refractivity contribution in [3.05, 3.63) is 70.9 Å². The molecule has 0 radical (unpaired) electrons. The van der Waals surface area contributed by atoms with E-state index in [-0.39, 0.29) is 5.91 Å². The fraction of sp³-hybridized carbons (Fsp3) is 0.320. The molecule has 0 atom stereocenters. The molecular weight excluding hydrogens is 436 g/mol. The molecule has 0 saturated heterocycles. The van der Waals surface area contributed by atoms with Crippen LogP contribution in [0.4, 0.5) is 0 Å². The molecule has 8 heteroatoms. The van der Waals surface area contributed by atoms with E-state index < -0.39 is 0 Å². The minimum Gasteiger partial charge on any atom is -0.467 e. The standard InChI is InChI=1S/C25H28N4O3S/c1-4-19-13-18(8-10-26-19)25-28-22(16-33-25)23-14-21(24(30)27-9-6-11-31-3)17(2)29(23)15-20-7-5-12-32-20/h5,7-8,10,12-14,16H,4,6,9,11,15H2,1-3H3,(H,27,30). The second-order valence-corrected chi connectivity index (χ2v) is 8.58. The van der Waals surface area contributed by atoms with Crippen molar-refractivity contribution in [3.63, 3.8) is 0 Å². The van der Waals surface area contributed by atoms with Crippen molar-refractivity contribution in [1.82, 2.24) is 19.9 Å². The number of aryl methyl sites for hydroxylation is 1. The summed E-state index contributed by atoms with van der Waals surface area (Å²) in [5.74, 6) is 0.722. The Morgan fingerprint density at radius 1 is 1.30 bits per heavy atom. The van der Waals surface area contributed by atoms with Crippen molar-refractivity contribution in [2.45, 2.75) is 33.2 Å². The van der Waals surface area contributed by atoms with Gasteiger partial charge in [0.15, 0.2) is 0 Å². The van der Waals surface area contributed by atoms with Gasteiger partial charge in [-0.2, -0.15) is 0 Å². The molecule has 172 valence electrons. The number of furan rings is 1. The summed E-state index contributed by atoms with van der Waals surface area (Å²) in [4.78, 5) is 22.2. The highest BCUT2D eigenvalue weighted by atomic mass is 32.1. The van der Waals surface area contributed by atoms with Crippen molar-refractivity contribution >= 4 is 17.2 Å². The highest BCUT2D eigenvalue weighted by Gasteiger charge is 2.21. The monoisotopic (exact) mass is 464 g/mol. The Balaban J connectivity index is 1.67. The summed E-state index contributed by atoms with van der Waals surface area (Å²) in [5.41, 5.74) is 5.32. The first-order valence-electron chi connectivity index (χ1n) is 11.0. The highest BCUT2D eigenvalue weighted by Crippen LogP contribution is 2.32. The lowest BCUT2D eigenvalue weighted by molar-refractivity contribution is 0.0948. The molecule has 33 heavy (non-hydrogen) atoms. The van der Waals surface area contributed by atoms with Crippen LogP contribution in [0.15, 0.2) is 52.6 Å². The Morgan fingerprint density at radius 2 is 2.18 bits per heavy atom. The van der Waals surface area contributed by atoms with E-state index in [0.717, 1.165) is 51.9 Å². The van der Waals surface area contributed by atoms with Gasteiger partial charge in [-0.05, 0) is 50.1 Å². The number of carbonyl (C=O) groups excluding carboxylic acids is 1. The van der Waals surface area contributed by atoms with E-state index >= 15 is 0 Å². The summed E-state index contributed by atoms with van der Waals surface area (Å²) in [5, 5.41) is 5.95. The molecule has 0 aliphatic rings. The number of hydrogen-bond donors (Lipinski definition) is 1. The fourth-order valence-corrected chi connectivity index (χ4v) is 4.50. The molecule has 0 aliphatic heterocycles. The maximum atomic E-state index is 12.9. The molecule has 0 aliphatic carbocycles. The summed E-state index contributed by atoms with van der Waals surface area (Å²) < 4.78 is 12.7. The number of carbonyl (C=O) groups is 1. The van der Waals surface area contributed by atoms with Crippen molar-refractivity contribution in [1.29, 1.82) is 0 Å². The minimum atomic E-state index is -0.0970. The number of hydrogen-bond acceptors (Lipinski definition) is 6. The fourth-order valence-electron chi connectivity index (χ4n) is 3.69. The van der Waals surface area contributed by atoms with Gasteiger partial charge < -0.3 is 19.0 Å². The van der Waals surface area contributed by atoms with Gasteiger partial charge >= 0.3 is 0 Å². The van der Waals surface area contributed by atoms with Gasteiger partial charge in [-0.3, -0.25) is 9.78 Å². The second kappa shape index (κ2) is 10.6. The number of methoxy groups -OCH3 is 1. The predicted molar refractivity (Wildman–Crippen MR) is 130 cm³/mol. The maximum Gasteiger partial charge on any atom is 0.253 e. The third-order valence-electron chi connectivity index (χ3n) is 5.51. The molecule has 0 fully saturated rings. The molecule has 4 aromatic rings. The summed E-state index contributed by atoms with van der Waals surface area (Å²) in [6.07, 6.45) is 5.13. The normalized spacial score (nSPS) is 11.1. The van der Waals surface area contributed by atoms with E-state index in [1.54, 1.807) is 24.7 Å². The summed E-state index contributed by atoms with van der Waals surface area (Å²) >= 11 is 1.59. The largest absolute Gasteiger partial charge is 0.467 e. The molecule has 4 aromatic heterocycles. The lowest BCUT2D eigenvalue weighted by atomic mass is 10.2. The average molecular weight is 465 g/mol. The summed E-state index contributed by atoms with van der Waals surface area (Å²) in [7, 11) is 1.66. The third kappa shape index (κ3) is 5.23. The van der Waals surface area contributed by atoms with Crippen LogP contribution < -0.4 is 5.32 Å². The molecule has 0 unspecified atom stereocenters. The predicted octanol–water partition coefficient (Wildman–Crippen LogP) is 4.95. The second-order valence-electron chi connectivity index (χ2n) is 7.72. The number of amides is 1. The molecule has 0 saturated carbocycles. The number of nitrogens with zero attached hydrogens (tertiary/aromatic N) is 3. The molecule has 7 nitrogen and oxygen atoms in total. The van der Waals surface area contributed by atoms with Crippen molar-refractivity contribution in [2.24, 2.45) is 0 Å². The van der Waals surface area contributed by atoms with E-state index in [0.29, 0.717) is 25.3 Å². The van der Waals surface area contributed by atoms with Gasteiger partial charge in [-0.15, -0.1) is 11.3 Å². The number of ether oxygens (including phenoxy) is 1. The first kappa shape index (κ1) is 22.9. The summed E-state index contributed by atoms with van der Waals surface area (Å²) in [6, 6.07) is 9.78. The average Bonchev–Trinajstić information content (AvgIpc) is 3.59. The van der Waals surface area contributed by atoms with Crippen LogP contribution in [0.3, 0.4) is 0 Å². The Hall–Kier alpha value is -3.23. The first-order chi connectivity index (χ1) is 16.1. The van der Waals surface area contributed by atoms with Crippen LogP contribution >= 0.6 is 11.3 Å². The lowest BCUT2D eigenvalue weighted by Gasteiger charge is -2.09. The number of pyridine rings is 1. The molecule has 4 rings (SSSR count). The zero-order valence-electron chi connectivity index (χ0n) is 19.1.